The van der Waals surface area contributed by atoms with E-state index < -0.39 is 11.6 Å². The largest absolute Gasteiger partial charge is 0.381 e. The van der Waals surface area contributed by atoms with Gasteiger partial charge in [0.1, 0.15) is 11.5 Å². The van der Waals surface area contributed by atoms with E-state index in [1.165, 1.54) is 6.07 Å². The lowest BCUT2D eigenvalue weighted by molar-refractivity contribution is 0.624. The van der Waals surface area contributed by atoms with Crippen molar-refractivity contribution in [1.82, 2.24) is 9.97 Å². The smallest absolute Gasteiger partial charge is 0.182 e. The van der Waals surface area contributed by atoms with Gasteiger partial charge in [-0.25, -0.2) is 13.8 Å². The van der Waals surface area contributed by atoms with E-state index in [9.17, 15) is 8.78 Å². The lowest BCUT2D eigenvalue weighted by atomic mass is 10.2. The highest BCUT2D eigenvalue weighted by Gasteiger charge is 2.06. The fourth-order valence-corrected chi connectivity index (χ4v) is 1.56. The van der Waals surface area contributed by atoms with E-state index >= 15 is 0 Å². The Kier molecular flexibility index (Phi) is 3.65. The molecule has 0 aliphatic rings. The molecule has 2 rings (SSSR count). The molecule has 0 unspecified atom stereocenters. The van der Waals surface area contributed by atoms with Crippen molar-refractivity contribution >= 4 is 23.6 Å². The number of aliphatic imine (C=N–C) groups is 2. The van der Waals surface area contributed by atoms with Crippen LogP contribution in [0.2, 0.25) is 0 Å². The maximum atomic E-state index is 13.2. The van der Waals surface area contributed by atoms with E-state index in [0.717, 1.165) is 12.4 Å². The third-order valence-electron chi connectivity index (χ3n) is 2.45. The molecule has 0 atom stereocenters. The van der Waals surface area contributed by atoms with Crippen LogP contribution in [0.1, 0.15) is 5.56 Å². The number of aromatic amines is 1. The van der Waals surface area contributed by atoms with Crippen LogP contribution in [0, 0.1) is 5.82 Å². The van der Waals surface area contributed by atoms with Gasteiger partial charge in [0, 0.05) is 17.1 Å². The quantitative estimate of drug-likeness (QED) is 0.654. The molecule has 0 radical (unpaired) electrons. The summed E-state index contributed by atoms with van der Waals surface area (Å²) in [6.07, 6.45) is 3.61. The van der Waals surface area contributed by atoms with E-state index in [2.05, 4.69) is 26.7 Å². The van der Waals surface area contributed by atoms with Crippen LogP contribution in [0.4, 0.5) is 8.78 Å². The molecular formula is C12H11F2N5. The predicted molar refractivity (Wildman–Crippen MR) is 70.1 cm³/mol. The summed E-state index contributed by atoms with van der Waals surface area (Å²) in [4.78, 5) is 13.9. The van der Waals surface area contributed by atoms with Crippen molar-refractivity contribution in [3.8, 4) is 0 Å². The summed E-state index contributed by atoms with van der Waals surface area (Å²) in [5.41, 5.74) is 6.62. The summed E-state index contributed by atoms with van der Waals surface area (Å²) in [6, 6.07) is 1.33. The Balaban J connectivity index is 2.27. The number of rotatable bonds is 4. The van der Waals surface area contributed by atoms with Crippen molar-refractivity contribution < 1.29 is 8.78 Å². The number of pyridine rings is 1. The fraction of sp³-hybridized carbons (Fsp3) is 0.0833. The van der Waals surface area contributed by atoms with Crippen molar-refractivity contribution in [3.63, 3.8) is 0 Å². The first-order valence-electron chi connectivity index (χ1n) is 5.35. The molecule has 0 fully saturated rings. The average Bonchev–Trinajstić information content (AvgIpc) is 2.78. The van der Waals surface area contributed by atoms with Gasteiger partial charge in [-0.2, -0.15) is 0 Å². The molecule has 0 aromatic carbocycles. The summed E-state index contributed by atoms with van der Waals surface area (Å²) in [5, 5.41) is 0.586. The first-order chi connectivity index (χ1) is 9.11. The van der Waals surface area contributed by atoms with Crippen LogP contribution in [-0.4, -0.2) is 22.5 Å². The number of nitrogens with one attached hydrogen (secondary N) is 1. The average molecular weight is 263 g/mol. The van der Waals surface area contributed by atoms with Crippen LogP contribution in [0.25, 0.3) is 11.0 Å². The zero-order chi connectivity index (χ0) is 13.8. The molecule has 2 heterocycles. The zero-order valence-electron chi connectivity index (χ0n) is 9.90. The zero-order valence-corrected chi connectivity index (χ0v) is 9.90. The highest BCUT2D eigenvalue weighted by Crippen LogP contribution is 2.18. The minimum absolute atomic E-state index is 0.107. The second-order valence-electron chi connectivity index (χ2n) is 3.72. The van der Waals surface area contributed by atoms with Crippen molar-refractivity contribution in [2.24, 2.45) is 15.7 Å². The third kappa shape index (κ3) is 2.82. The Morgan fingerprint density at radius 2 is 2.37 bits per heavy atom. The maximum Gasteiger partial charge on any atom is 0.182 e. The van der Waals surface area contributed by atoms with Crippen molar-refractivity contribution in [2.75, 3.05) is 0 Å². The van der Waals surface area contributed by atoms with Crippen LogP contribution in [0.15, 0.2) is 40.5 Å². The minimum Gasteiger partial charge on any atom is -0.381 e. The van der Waals surface area contributed by atoms with Crippen LogP contribution < -0.4 is 5.73 Å². The molecule has 5 nitrogen and oxygen atoms in total. The second kappa shape index (κ2) is 5.38. The summed E-state index contributed by atoms with van der Waals surface area (Å²) in [5.74, 6) is -1.50. The van der Waals surface area contributed by atoms with Gasteiger partial charge in [-0.05, 0) is 12.8 Å². The van der Waals surface area contributed by atoms with Gasteiger partial charge in [-0.3, -0.25) is 9.98 Å². The highest BCUT2D eigenvalue weighted by molar-refractivity contribution is 5.95. The number of nitrogens with two attached hydrogens (primary N) is 1. The summed E-state index contributed by atoms with van der Waals surface area (Å²) >= 11 is 0. The van der Waals surface area contributed by atoms with E-state index in [0.29, 0.717) is 16.6 Å². The molecule has 0 spiro atoms. The molecule has 2 aromatic rings. The van der Waals surface area contributed by atoms with Crippen LogP contribution >= 0.6 is 0 Å². The number of aromatic nitrogens is 2. The number of fused-ring (bicyclic) bond motifs is 1. The molecule has 7 heteroatoms. The van der Waals surface area contributed by atoms with Crippen molar-refractivity contribution in [2.45, 2.75) is 6.54 Å². The first-order valence-corrected chi connectivity index (χ1v) is 5.35. The van der Waals surface area contributed by atoms with Gasteiger partial charge in [0.05, 0.1) is 18.9 Å². The van der Waals surface area contributed by atoms with Gasteiger partial charge >= 0.3 is 0 Å². The Morgan fingerprint density at radius 1 is 1.58 bits per heavy atom. The monoisotopic (exact) mass is 263 g/mol. The van der Waals surface area contributed by atoms with Crippen LogP contribution in [0.3, 0.4) is 0 Å². The first kappa shape index (κ1) is 12.9. The Morgan fingerprint density at radius 3 is 3.11 bits per heavy atom. The van der Waals surface area contributed by atoms with Gasteiger partial charge in [-0.15, -0.1) is 0 Å². The number of hydrogen-bond donors (Lipinski definition) is 2. The normalized spacial score (nSPS) is 12.9. The lowest BCUT2D eigenvalue weighted by Gasteiger charge is -1.97. The van der Waals surface area contributed by atoms with E-state index in [1.54, 1.807) is 6.20 Å². The summed E-state index contributed by atoms with van der Waals surface area (Å²) < 4.78 is 26.3. The predicted octanol–water partition coefficient (Wildman–Crippen LogP) is 2.07. The molecule has 0 amide bonds. The van der Waals surface area contributed by atoms with Gasteiger partial charge in [-0.1, -0.05) is 0 Å². The Hall–Kier alpha value is -2.57. The van der Waals surface area contributed by atoms with E-state index in [4.69, 9.17) is 5.73 Å². The molecule has 0 aliphatic heterocycles. The molecule has 0 saturated carbocycles. The Labute approximate surface area is 107 Å². The molecular weight excluding hydrogens is 252 g/mol. The summed E-state index contributed by atoms with van der Waals surface area (Å²) in [6.45, 7) is 3.22. The molecule has 0 aliphatic carbocycles. The number of H-pyrrole nitrogens is 1. The minimum atomic E-state index is -0.765. The van der Waals surface area contributed by atoms with Gasteiger partial charge in [0.2, 0.25) is 0 Å². The maximum absolute atomic E-state index is 13.2. The van der Waals surface area contributed by atoms with E-state index in [-0.39, 0.29) is 12.4 Å². The topological polar surface area (TPSA) is 79.4 Å². The van der Waals surface area contributed by atoms with Crippen LogP contribution in [0.5, 0.6) is 0 Å². The lowest BCUT2D eigenvalue weighted by Crippen LogP contribution is -2.12. The number of hydrogen-bond acceptors (Lipinski definition) is 3. The molecule has 2 aromatic heterocycles. The van der Waals surface area contributed by atoms with Crippen molar-refractivity contribution in [1.29, 1.82) is 0 Å². The second-order valence-corrected chi connectivity index (χ2v) is 3.72. The van der Waals surface area contributed by atoms with Gasteiger partial charge in [0.25, 0.3) is 0 Å². The van der Waals surface area contributed by atoms with Gasteiger partial charge in [0.15, 0.2) is 11.7 Å². The highest BCUT2D eigenvalue weighted by atomic mass is 19.1. The van der Waals surface area contributed by atoms with E-state index in [1.807, 2.05) is 0 Å². The molecule has 98 valence electrons. The molecule has 3 N–H and O–H groups in total. The number of nitrogens with zero attached hydrogens (tertiary/aromatic N) is 3. The fourth-order valence-electron chi connectivity index (χ4n) is 1.56. The van der Waals surface area contributed by atoms with Crippen LogP contribution in [-0.2, 0) is 6.54 Å². The third-order valence-corrected chi connectivity index (χ3v) is 2.45. The Bertz CT molecular complexity index is 672. The number of amidine groups is 1. The van der Waals surface area contributed by atoms with Crippen molar-refractivity contribution in [3.05, 3.63) is 41.9 Å². The van der Waals surface area contributed by atoms with Gasteiger partial charge < -0.3 is 10.7 Å². The molecule has 0 bridgehead atoms. The SMILES string of the molecule is C=N/C=C(/F)C(N)=NCc1c[nH]c2ncc(F)cc12. The standard InChI is InChI=1S/C12H11F2N5/c1-16-6-10(14)11(15)17-3-7-4-18-12-9(7)2-8(13)5-19-12/h2,4-6H,1,3H2,(H2,15,17)(H,18,19)/b10-6+. The summed E-state index contributed by atoms with van der Waals surface area (Å²) in [7, 11) is 0. The molecule has 19 heavy (non-hydrogen) atoms. The number of halogens is 2. The molecule has 0 saturated heterocycles.